The van der Waals surface area contributed by atoms with E-state index >= 15 is 0 Å². The highest BCUT2D eigenvalue weighted by atomic mass is 16.6. The third kappa shape index (κ3) is 1.26. The highest BCUT2D eigenvalue weighted by Crippen LogP contribution is 2.61. The highest BCUT2D eigenvalue weighted by Gasteiger charge is 2.73. The zero-order valence-corrected chi connectivity index (χ0v) is 11.9. The first-order valence-corrected chi connectivity index (χ1v) is 7.45. The van der Waals surface area contributed by atoms with Crippen molar-refractivity contribution in [3.05, 3.63) is 0 Å². The molecule has 5 heteroatoms. The first-order chi connectivity index (χ1) is 9.37. The third-order valence-electron chi connectivity index (χ3n) is 6.20. The molecule has 0 radical (unpaired) electrons. The van der Waals surface area contributed by atoms with E-state index in [4.69, 9.17) is 9.47 Å². The Morgan fingerprint density at radius 3 is 2.70 bits per heavy atom. The predicted molar refractivity (Wildman–Crippen MR) is 67.6 cm³/mol. The van der Waals surface area contributed by atoms with Crippen LogP contribution in [0.3, 0.4) is 0 Å². The van der Waals surface area contributed by atoms with Gasteiger partial charge in [-0.3, -0.25) is 9.59 Å². The Hall–Kier alpha value is -0.940. The fourth-order valence-electron chi connectivity index (χ4n) is 5.09. The van der Waals surface area contributed by atoms with Crippen LogP contribution in [0.1, 0.15) is 27.2 Å². The molecule has 2 aliphatic heterocycles. The standard InChI is InChI=1S/C15H20O5/c1-5-4-7-8(6(2)14(18)19-7)12(16)15(3)9(5)10-11(20-10)13(15)17/h5-12,16H,4H2,1-3H3/t5-,6-,7+,8+,9+,10+,11-,12+,15-/m1/s1. The molecule has 0 aromatic rings. The van der Waals surface area contributed by atoms with Crippen molar-refractivity contribution in [3.63, 3.8) is 0 Å². The second kappa shape index (κ2) is 3.63. The highest BCUT2D eigenvalue weighted by molar-refractivity contribution is 5.95. The molecule has 0 unspecified atom stereocenters. The number of aliphatic hydroxyl groups is 1. The van der Waals surface area contributed by atoms with Crippen LogP contribution in [0.5, 0.6) is 0 Å². The minimum absolute atomic E-state index is 0.0130. The van der Waals surface area contributed by atoms with Crippen LogP contribution < -0.4 is 0 Å². The Bertz CT molecular complexity index is 502. The van der Waals surface area contributed by atoms with Gasteiger partial charge < -0.3 is 14.6 Å². The SMILES string of the molecule is C[C@@H]1C[C@@H]2OC(=O)[C@H](C)[C@@H]2[C@H](O)[C@]2(C)C(=O)[C@@H]3O[C@H]3[C@H]12. The van der Waals surface area contributed by atoms with Gasteiger partial charge in [0.05, 0.1) is 23.5 Å². The van der Waals surface area contributed by atoms with E-state index in [1.165, 1.54) is 0 Å². The van der Waals surface area contributed by atoms with Crippen molar-refractivity contribution in [2.75, 3.05) is 0 Å². The molecule has 0 spiro atoms. The van der Waals surface area contributed by atoms with E-state index in [2.05, 4.69) is 6.92 Å². The molecule has 1 N–H and O–H groups in total. The first kappa shape index (κ1) is 12.8. The lowest BCUT2D eigenvalue weighted by molar-refractivity contribution is -0.147. The molecular weight excluding hydrogens is 260 g/mol. The summed E-state index contributed by atoms with van der Waals surface area (Å²) in [5, 5.41) is 10.9. The van der Waals surface area contributed by atoms with Crippen LogP contribution in [0.2, 0.25) is 0 Å². The van der Waals surface area contributed by atoms with Crippen molar-refractivity contribution in [2.45, 2.75) is 51.6 Å². The maximum Gasteiger partial charge on any atom is 0.309 e. The number of esters is 1. The monoisotopic (exact) mass is 280 g/mol. The number of fused-ring (bicyclic) bond motifs is 4. The Morgan fingerprint density at radius 1 is 1.30 bits per heavy atom. The van der Waals surface area contributed by atoms with Gasteiger partial charge in [-0.05, 0) is 19.3 Å². The summed E-state index contributed by atoms with van der Waals surface area (Å²) < 4.78 is 10.9. The van der Waals surface area contributed by atoms with Crippen LogP contribution in [0, 0.1) is 29.1 Å². The van der Waals surface area contributed by atoms with Gasteiger partial charge in [-0.15, -0.1) is 0 Å². The maximum absolute atomic E-state index is 12.6. The van der Waals surface area contributed by atoms with Gasteiger partial charge in [0, 0.05) is 11.8 Å². The van der Waals surface area contributed by atoms with Crippen LogP contribution in [0.25, 0.3) is 0 Å². The van der Waals surface area contributed by atoms with Crippen molar-refractivity contribution >= 4 is 11.8 Å². The summed E-state index contributed by atoms with van der Waals surface area (Å²) in [7, 11) is 0. The summed E-state index contributed by atoms with van der Waals surface area (Å²) >= 11 is 0. The number of hydrogen-bond donors (Lipinski definition) is 1. The molecule has 4 rings (SSSR count). The lowest BCUT2D eigenvalue weighted by Gasteiger charge is -2.39. The number of carbonyl (C=O) groups excluding carboxylic acids is 2. The third-order valence-corrected chi connectivity index (χ3v) is 6.20. The van der Waals surface area contributed by atoms with Crippen LogP contribution in [-0.4, -0.2) is 41.3 Å². The van der Waals surface area contributed by atoms with Crippen LogP contribution >= 0.6 is 0 Å². The molecule has 4 fully saturated rings. The molecule has 0 bridgehead atoms. The molecule has 9 atom stereocenters. The molecule has 110 valence electrons. The van der Waals surface area contributed by atoms with E-state index in [1.807, 2.05) is 6.92 Å². The van der Waals surface area contributed by atoms with Crippen molar-refractivity contribution < 1.29 is 24.2 Å². The molecule has 20 heavy (non-hydrogen) atoms. The topological polar surface area (TPSA) is 76.1 Å². The molecule has 0 aromatic heterocycles. The summed E-state index contributed by atoms with van der Waals surface area (Å²) in [5.41, 5.74) is -0.797. The summed E-state index contributed by atoms with van der Waals surface area (Å²) in [5.74, 6) is -0.625. The largest absolute Gasteiger partial charge is 0.462 e. The fraction of sp³-hybridized carbons (Fsp3) is 0.867. The smallest absolute Gasteiger partial charge is 0.309 e. The van der Waals surface area contributed by atoms with Gasteiger partial charge in [0.1, 0.15) is 12.2 Å². The zero-order valence-electron chi connectivity index (χ0n) is 11.9. The number of aliphatic hydroxyl groups excluding tert-OH is 1. The molecule has 2 saturated carbocycles. The van der Waals surface area contributed by atoms with Crippen LogP contribution in [0.15, 0.2) is 0 Å². The lowest BCUT2D eigenvalue weighted by atomic mass is 9.66. The molecule has 2 aliphatic carbocycles. The van der Waals surface area contributed by atoms with E-state index in [9.17, 15) is 14.7 Å². The van der Waals surface area contributed by atoms with E-state index < -0.39 is 11.5 Å². The van der Waals surface area contributed by atoms with Gasteiger partial charge in [-0.2, -0.15) is 0 Å². The van der Waals surface area contributed by atoms with Crippen molar-refractivity contribution in [1.82, 2.24) is 0 Å². The number of Topliss-reactive ketones (excluding diaryl/α,β-unsaturated/α-hetero) is 1. The first-order valence-electron chi connectivity index (χ1n) is 7.45. The molecule has 4 aliphatic rings. The van der Waals surface area contributed by atoms with Crippen LogP contribution in [-0.2, 0) is 19.1 Å². The average Bonchev–Trinajstić information content (AvgIpc) is 3.06. The van der Waals surface area contributed by atoms with E-state index in [-0.39, 0.29) is 53.7 Å². The Balaban J connectivity index is 1.79. The number of ether oxygens (including phenoxy) is 2. The minimum atomic E-state index is -0.826. The molecular formula is C15H20O5. The second-order valence-electron chi connectivity index (χ2n) is 7.19. The van der Waals surface area contributed by atoms with Crippen molar-refractivity contribution in [2.24, 2.45) is 29.1 Å². The van der Waals surface area contributed by atoms with Gasteiger partial charge in [-0.1, -0.05) is 13.8 Å². The number of hydrogen-bond acceptors (Lipinski definition) is 5. The summed E-state index contributed by atoms with van der Waals surface area (Å²) in [6.07, 6.45) is -0.755. The number of rotatable bonds is 0. The Labute approximate surface area is 117 Å². The Morgan fingerprint density at radius 2 is 2.00 bits per heavy atom. The summed E-state index contributed by atoms with van der Waals surface area (Å²) in [6, 6.07) is 0. The van der Waals surface area contributed by atoms with E-state index in [1.54, 1.807) is 6.92 Å². The van der Waals surface area contributed by atoms with E-state index in [0.29, 0.717) is 6.42 Å². The number of epoxide rings is 1. The van der Waals surface area contributed by atoms with Gasteiger partial charge in [0.25, 0.3) is 0 Å². The lowest BCUT2D eigenvalue weighted by Crippen LogP contribution is -2.50. The maximum atomic E-state index is 12.6. The number of ketones is 1. The van der Waals surface area contributed by atoms with Gasteiger partial charge in [0.2, 0.25) is 0 Å². The summed E-state index contributed by atoms with van der Waals surface area (Å²) in [6.45, 7) is 5.72. The molecule has 0 aromatic carbocycles. The van der Waals surface area contributed by atoms with Crippen LogP contribution in [0.4, 0.5) is 0 Å². The molecule has 5 nitrogen and oxygen atoms in total. The van der Waals surface area contributed by atoms with Gasteiger partial charge in [-0.25, -0.2) is 0 Å². The fourth-order valence-corrected chi connectivity index (χ4v) is 5.09. The summed E-state index contributed by atoms with van der Waals surface area (Å²) in [4.78, 5) is 24.4. The minimum Gasteiger partial charge on any atom is -0.462 e. The second-order valence-corrected chi connectivity index (χ2v) is 7.19. The van der Waals surface area contributed by atoms with E-state index in [0.717, 1.165) is 0 Å². The molecule has 0 amide bonds. The van der Waals surface area contributed by atoms with Gasteiger partial charge >= 0.3 is 5.97 Å². The quantitative estimate of drug-likeness (QED) is 0.517. The molecule has 2 saturated heterocycles. The average molecular weight is 280 g/mol. The molecule has 2 heterocycles. The van der Waals surface area contributed by atoms with Crippen molar-refractivity contribution in [3.8, 4) is 0 Å². The predicted octanol–water partition coefficient (Wildman–Crippen LogP) is 0.537. The Kier molecular flexibility index (Phi) is 2.32. The number of carbonyl (C=O) groups is 2. The normalized spacial score (nSPS) is 60.4. The van der Waals surface area contributed by atoms with Crippen molar-refractivity contribution in [1.29, 1.82) is 0 Å². The zero-order chi connectivity index (χ0) is 14.4. The van der Waals surface area contributed by atoms with Gasteiger partial charge in [0.15, 0.2) is 5.78 Å².